The Morgan fingerprint density at radius 1 is 1.15 bits per heavy atom. The van der Waals surface area contributed by atoms with Gasteiger partial charge in [0.2, 0.25) is 10.0 Å². The van der Waals surface area contributed by atoms with Gasteiger partial charge in [-0.05, 0) is 24.3 Å². The molecule has 0 aliphatic rings. The molecule has 0 amide bonds. The first kappa shape index (κ1) is 14.1. The van der Waals surface area contributed by atoms with E-state index in [4.69, 9.17) is 9.47 Å². The highest BCUT2D eigenvalue weighted by Crippen LogP contribution is 2.16. The van der Waals surface area contributed by atoms with Gasteiger partial charge in [-0.25, -0.2) is 17.9 Å². The Morgan fingerprint density at radius 3 is 2.35 bits per heavy atom. The van der Waals surface area contributed by atoms with Crippen LogP contribution >= 0.6 is 0 Å². The number of sulfonamides is 1. The number of aromatic nitrogens is 3. The quantitative estimate of drug-likeness (QED) is 0.786. The monoisotopic (exact) mass is 298 g/mol. The van der Waals surface area contributed by atoms with Gasteiger partial charge in [-0.2, -0.15) is 0 Å². The summed E-state index contributed by atoms with van der Waals surface area (Å²) in [5.74, 6) is 1.10. The standard InChI is InChI=1S/C11H14N4O4S/c1-18-10-2-4-11(5-3-10)19-6-7-20(16,17)14-15-8-12-13-9-15/h2-5,8-9,14H,6-7H2,1H3. The third-order valence-corrected chi connectivity index (χ3v) is 3.54. The Bertz CT molecular complexity index is 625. The average Bonchev–Trinajstić information content (AvgIpc) is 2.91. The Kier molecular flexibility index (Phi) is 4.41. The predicted molar refractivity (Wildman–Crippen MR) is 71.7 cm³/mol. The van der Waals surface area contributed by atoms with Crippen molar-refractivity contribution < 1.29 is 17.9 Å². The lowest BCUT2D eigenvalue weighted by molar-refractivity contribution is 0.339. The minimum atomic E-state index is -3.50. The molecule has 0 fully saturated rings. The summed E-state index contributed by atoms with van der Waals surface area (Å²) in [5, 5.41) is 6.99. The highest BCUT2D eigenvalue weighted by molar-refractivity contribution is 7.92. The van der Waals surface area contributed by atoms with Crippen LogP contribution in [0.5, 0.6) is 11.5 Å². The third-order valence-electron chi connectivity index (χ3n) is 2.34. The van der Waals surface area contributed by atoms with Gasteiger partial charge in [0.15, 0.2) is 0 Å². The summed E-state index contributed by atoms with van der Waals surface area (Å²) in [6.07, 6.45) is 2.50. The summed E-state index contributed by atoms with van der Waals surface area (Å²) in [6.45, 7) is 0.0315. The normalized spacial score (nSPS) is 11.1. The number of hydrogen-bond donors (Lipinski definition) is 1. The maximum absolute atomic E-state index is 11.7. The molecule has 20 heavy (non-hydrogen) atoms. The minimum Gasteiger partial charge on any atom is -0.497 e. The van der Waals surface area contributed by atoms with Crippen LogP contribution in [0.15, 0.2) is 36.9 Å². The zero-order chi connectivity index (χ0) is 14.4. The molecule has 1 aromatic heterocycles. The van der Waals surface area contributed by atoms with Crippen molar-refractivity contribution in [2.45, 2.75) is 0 Å². The molecule has 1 N–H and O–H groups in total. The van der Waals surface area contributed by atoms with Gasteiger partial charge in [-0.3, -0.25) is 0 Å². The van der Waals surface area contributed by atoms with Gasteiger partial charge in [0.25, 0.3) is 0 Å². The lowest BCUT2D eigenvalue weighted by Gasteiger charge is -2.09. The molecule has 0 atom stereocenters. The van der Waals surface area contributed by atoms with Crippen molar-refractivity contribution in [3.63, 3.8) is 0 Å². The second-order valence-electron chi connectivity index (χ2n) is 3.80. The van der Waals surface area contributed by atoms with Crippen LogP contribution in [0.4, 0.5) is 0 Å². The maximum atomic E-state index is 11.7. The van der Waals surface area contributed by atoms with E-state index < -0.39 is 10.0 Å². The molecule has 108 valence electrons. The summed E-state index contributed by atoms with van der Waals surface area (Å²) in [5.41, 5.74) is 0. The van der Waals surface area contributed by atoms with Gasteiger partial charge in [0.05, 0.1) is 7.11 Å². The van der Waals surface area contributed by atoms with Crippen molar-refractivity contribution in [3.05, 3.63) is 36.9 Å². The SMILES string of the molecule is COc1ccc(OCCS(=O)(=O)Nn2cnnc2)cc1. The molecule has 0 bridgehead atoms. The molecular weight excluding hydrogens is 284 g/mol. The van der Waals surface area contributed by atoms with Gasteiger partial charge in [-0.15, -0.1) is 10.2 Å². The molecule has 0 spiro atoms. The Balaban J connectivity index is 1.82. The smallest absolute Gasteiger partial charge is 0.249 e. The molecule has 0 radical (unpaired) electrons. The second-order valence-corrected chi connectivity index (χ2v) is 5.62. The van der Waals surface area contributed by atoms with Crippen LogP contribution < -0.4 is 14.3 Å². The van der Waals surface area contributed by atoms with Crippen LogP contribution in [-0.2, 0) is 10.0 Å². The largest absolute Gasteiger partial charge is 0.497 e. The number of hydrogen-bond acceptors (Lipinski definition) is 6. The van der Waals surface area contributed by atoms with Crippen LogP contribution in [0.2, 0.25) is 0 Å². The number of ether oxygens (including phenoxy) is 2. The zero-order valence-corrected chi connectivity index (χ0v) is 11.6. The van der Waals surface area contributed by atoms with Crippen LogP contribution in [0.1, 0.15) is 0 Å². The molecule has 1 aromatic carbocycles. The maximum Gasteiger partial charge on any atom is 0.249 e. The van der Waals surface area contributed by atoms with E-state index in [2.05, 4.69) is 15.0 Å². The van der Waals surface area contributed by atoms with E-state index in [1.807, 2.05) is 0 Å². The Hall–Kier alpha value is -2.29. The van der Waals surface area contributed by atoms with E-state index in [9.17, 15) is 8.42 Å². The molecule has 0 aliphatic carbocycles. The lowest BCUT2D eigenvalue weighted by atomic mass is 10.3. The number of methoxy groups -OCH3 is 1. The van der Waals surface area contributed by atoms with E-state index >= 15 is 0 Å². The summed E-state index contributed by atoms with van der Waals surface area (Å²) >= 11 is 0. The average molecular weight is 298 g/mol. The van der Waals surface area contributed by atoms with E-state index in [1.54, 1.807) is 31.4 Å². The first-order valence-electron chi connectivity index (χ1n) is 5.71. The second kappa shape index (κ2) is 6.24. The molecule has 8 nitrogen and oxygen atoms in total. The van der Waals surface area contributed by atoms with Crippen LogP contribution in [-0.4, -0.2) is 42.8 Å². The molecule has 0 aliphatic heterocycles. The molecule has 0 saturated carbocycles. The fourth-order valence-electron chi connectivity index (χ4n) is 1.40. The molecular formula is C11H14N4O4S. The van der Waals surface area contributed by atoms with Crippen molar-refractivity contribution in [2.24, 2.45) is 0 Å². The third kappa shape index (κ3) is 4.12. The Labute approximate surface area is 116 Å². The first-order valence-corrected chi connectivity index (χ1v) is 7.36. The van der Waals surface area contributed by atoms with E-state index in [0.717, 1.165) is 4.68 Å². The van der Waals surface area contributed by atoms with Gasteiger partial charge in [0.1, 0.15) is 36.5 Å². The highest BCUT2D eigenvalue weighted by atomic mass is 32.2. The van der Waals surface area contributed by atoms with E-state index in [1.165, 1.54) is 12.7 Å². The number of rotatable bonds is 7. The van der Waals surface area contributed by atoms with Crippen molar-refractivity contribution in [1.29, 1.82) is 0 Å². The lowest BCUT2D eigenvalue weighted by Crippen LogP contribution is -2.27. The molecule has 1 heterocycles. The van der Waals surface area contributed by atoms with Gasteiger partial charge < -0.3 is 9.47 Å². The van der Waals surface area contributed by atoms with Crippen molar-refractivity contribution in [3.8, 4) is 11.5 Å². The molecule has 2 rings (SSSR count). The summed E-state index contributed by atoms with van der Waals surface area (Å²) in [6, 6.07) is 6.88. The molecule has 2 aromatic rings. The van der Waals surface area contributed by atoms with E-state index in [-0.39, 0.29) is 12.4 Å². The van der Waals surface area contributed by atoms with Gasteiger partial charge in [0, 0.05) is 0 Å². The summed E-state index contributed by atoms with van der Waals surface area (Å²) in [7, 11) is -1.94. The van der Waals surface area contributed by atoms with Crippen molar-refractivity contribution in [2.75, 3.05) is 24.3 Å². The topological polar surface area (TPSA) is 95.3 Å². The fraction of sp³-hybridized carbons (Fsp3) is 0.273. The first-order chi connectivity index (χ1) is 9.59. The zero-order valence-electron chi connectivity index (χ0n) is 10.8. The van der Waals surface area contributed by atoms with Crippen LogP contribution in [0.25, 0.3) is 0 Å². The number of nitrogens with one attached hydrogen (secondary N) is 1. The van der Waals surface area contributed by atoms with E-state index in [0.29, 0.717) is 11.5 Å². The molecule has 0 unspecified atom stereocenters. The number of nitrogens with zero attached hydrogens (tertiary/aromatic N) is 3. The number of benzene rings is 1. The molecule has 0 saturated heterocycles. The Morgan fingerprint density at radius 2 is 1.75 bits per heavy atom. The predicted octanol–water partition coefficient (Wildman–Crippen LogP) is 0.239. The summed E-state index contributed by atoms with van der Waals surface area (Å²) in [4.78, 5) is 2.27. The fourth-order valence-corrected chi connectivity index (χ4v) is 2.20. The van der Waals surface area contributed by atoms with Crippen LogP contribution in [0.3, 0.4) is 0 Å². The van der Waals surface area contributed by atoms with Crippen molar-refractivity contribution >= 4 is 10.0 Å². The highest BCUT2D eigenvalue weighted by Gasteiger charge is 2.10. The van der Waals surface area contributed by atoms with Crippen LogP contribution in [0, 0.1) is 0 Å². The van der Waals surface area contributed by atoms with Crippen molar-refractivity contribution in [1.82, 2.24) is 14.9 Å². The summed E-state index contributed by atoms with van der Waals surface area (Å²) < 4.78 is 34.9. The molecule has 9 heteroatoms. The minimum absolute atomic E-state index is 0.0315. The van der Waals surface area contributed by atoms with Gasteiger partial charge in [-0.1, -0.05) is 0 Å². The van der Waals surface area contributed by atoms with Gasteiger partial charge >= 0.3 is 0 Å².